The van der Waals surface area contributed by atoms with E-state index in [0.29, 0.717) is 18.5 Å². The Morgan fingerprint density at radius 2 is 2.05 bits per heavy atom. The molecule has 0 radical (unpaired) electrons. The third-order valence-corrected chi connectivity index (χ3v) is 3.51. The number of benzene rings is 1. The summed E-state index contributed by atoms with van der Waals surface area (Å²) in [4.78, 5) is 4.34. The van der Waals surface area contributed by atoms with Crippen LogP contribution in [0.5, 0.6) is 11.8 Å². The summed E-state index contributed by atoms with van der Waals surface area (Å²) < 4.78 is 12.2. The predicted octanol–water partition coefficient (Wildman–Crippen LogP) is 4.85. The predicted molar refractivity (Wildman–Crippen MR) is 86.8 cm³/mol. The van der Waals surface area contributed by atoms with Crippen LogP contribution in [0.3, 0.4) is 0 Å². The molecule has 0 atom stereocenters. The van der Waals surface area contributed by atoms with Gasteiger partial charge in [0.15, 0.2) is 0 Å². The first-order valence-corrected chi connectivity index (χ1v) is 7.90. The molecule has 1 aromatic heterocycles. The first-order chi connectivity index (χ1) is 9.95. The van der Waals surface area contributed by atoms with Gasteiger partial charge < -0.3 is 14.5 Å². The molecule has 0 bridgehead atoms. The van der Waals surface area contributed by atoms with Gasteiger partial charge >= 0.3 is 6.08 Å². The molecule has 2 aromatic rings. The Hall–Kier alpha value is -1.33. The van der Waals surface area contributed by atoms with E-state index in [1.54, 1.807) is 6.26 Å². The largest absolute Gasteiger partial charge is 0.417 e. The second kappa shape index (κ2) is 7.09. The lowest BCUT2D eigenvalue weighted by molar-refractivity contribution is 0.327. The SMILES string of the molecule is CC(C)NCc1coc(Oc2ccc(Br)cc2C(C)C)n1. The van der Waals surface area contributed by atoms with Crippen molar-refractivity contribution in [1.82, 2.24) is 10.3 Å². The molecule has 21 heavy (non-hydrogen) atoms. The first kappa shape index (κ1) is 16.0. The second-order valence-electron chi connectivity index (χ2n) is 5.58. The Kier molecular flexibility index (Phi) is 5.42. The van der Waals surface area contributed by atoms with Crippen molar-refractivity contribution in [2.75, 3.05) is 0 Å². The van der Waals surface area contributed by atoms with Gasteiger partial charge in [-0.2, -0.15) is 4.98 Å². The summed E-state index contributed by atoms with van der Waals surface area (Å²) in [5, 5.41) is 3.29. The molecule has 2 rings (SSSR count). The van der Waals surface area contributed by atoms with Crippen molar-refractivity contribution < 1.29 is 9.15 Å². The topological polar surface area (TPSA) is 47.3 Å². The van der Waals surface area contributed by atoms with Gasteiger partial charge in [-0.15, -0.1) is 0 Å². The van der Waals surface area contributed by atoms with Crippen LogP contribution in [0.1, 0.15) is 44.9 Å². The molecular weight excluding hydrogens is 332 g/mol. The Morgan fingerprint density at radius 1 is 1.29 bits per heavy atom. The zero-order valence-electron chi connectivity index (χ0n) is 12.8. The molecule has 0 aliphatic rings. The van der Waals surface area contributed by atoms with Crippen LogP contribution in [-0.2, 0) is 6.54 Å². The lowest BCUT2D eigenvalue weighted by Gasteiger charge is -2.11. The molecule has 0 saturated heterocycles. The highest BCUT2D eigenvalue weighted by atomic mass is 79.9. The molecular formula is C16H21BrN2O2. The zero-order valence-corrected chi connectivity index (χ0v) is 14.4. The molecule has 0 unspecified atom stereocenters. The maximum atomic E-state index is 5.79. The van der Waals surface area contributed by atoms with Crippen LogP contribution in [0, 0.1) is 0 Å². The van der Waals surface area contributed by atoms with E-state index in [-0.39, 0.29) is 6.08 Å². The molecule has 0 amide bonds. The van der Waals surface area contributed by atoms with Gasteiger partial charge in [0.1, 0.15) is 12.0 Å². The number of hydrogen-bond acceptors (Lipinski definition) is 4. The smallest absolute Gasteiger partial charge is 0.399 e. The minimum atomic E-state index is 0.278. The van der Waals surface area contributed by atoms with Gasteiger partial charge in [0.2, 0.25) is 0 Å². The van der Waals surface area contributed by atoms with E-state index >= 15 is 0 Å². The summed E-state index contributed by atoms with van der Waals surface area (Å²) in [6, 6.07) is 6.34. The lowest BCUT2D eigenvalue weighted by Crippen LogP contribution is -2.21. The van der Waals surface area contributed by atoms with Crippen molar-refractivity contribution in [1.29, 1.82) is 0 Å². The Balaban J connectivity index is 2.11. The molecule has 5 heteroatoms. The number of aromatic nitrogens is 1. The lowest BCUT2D eigenvalue weighted by atomic mass is 10.0. The minimum Gasteiger partial charge on any atom is -0.417 e. The molecule has 1 aromatic carbocycles. The third-order valence-electron chi connectivity index (χ3n) is 3.01. The van der Waals surface area contributed by atoms with Gasteiger partial charge in [0.25, 0.3) is 0 Å². The number of rotatable bonds is 6. The number of halogens is 1. The van der Waals surface area contributed by atoms with Crippen molar-refractivity contribution in [3.05, 3.63) is 40.2 Å². The molecule has 0 aliphatic carbocycles. The van der Waals surface area contributed by atoms with E-state index < -0.39 is 0 Å². The second-order valence-corrected chi connectivity index (χ2v) is 6.49. The summed E-state index contributed by atoms with van der Waals surface area (Å²) in [7, 11) is 0. The Labute approximate surface area is 134 Å². The van der Waals surface area contributed by atoms with E-state index in [9.17, 15) is 0 Å². The fourth-order valence-electron chi connectivity index (χ4n) is 1.88. The van der Waals surface area contributed by atoms with Gasteiger partial charge in [-0.05, 0) is 29.7 Å². The van der Waals surface area contributed by atoms with Gasteiger partial charge in [-0.25, -0.2) is 0 Å². The summed E-state index contributed by atoms with van der Waals surface area (Å²) in [5.74, 6) is 1.13. The number of nitrogens with zero attached hydrogens (tertiary/aromatic N) is 1. The molecule has 0 aliphatic heterocycles. The number of oxazole rings is 1. The normalized spacial score (nSPS) is 11.4. The van der Waals surface area contributed by atoms with Gasteiger partial charge in [0.05, 0.1) is 5.69 Å². The van der Waals surface area contributed by atoms with E-state index in [0.717, 1.165) is 21.5 Å². The monoisotopic (exact) mass is 352 g/mol. The molecule has 114 valence electrons. The van der Waals surface area contributed by atoms with E-state index in [2.05, 4.69) is 60.0 Å². The van der Waals surface area contributed by atoms with Crippen molar-refractivity contribution in [3.8, 4) is 11.8 Å². The highest BCUT2D eigenvalue weighted by molar-refractivity contribution is 9.10. The first-order valence-electron chi connectivity index (χ1n) is 7.10. The number of hydrogen-bond donors (Lipinski definition) is 1. The summed E-state index contributed by atoms with van der Waals surface area (Å²) in [5.41, 5.74) is 1.95. The van der Waals surface area contributed by atoms with E-state index in [1.807, 2.05) is 12.1 Å². The van der Waals surface area contributed by atoms with E-state index in [4.69, 9.17) is 9.15 Å². The standard InChI is InChI=1S/C16H21BrN2O2/c1-10(2)14-7-12(17)5-6-15(14)21-16-19-13(9-20-16)8-18-11(3)4/h5-7,9-11,18H,8H2,1-4H3. The molecule has 0 saturated carbocycles. The highest BCUT2D eigenvalue weighted by Crippen LogP contribution is 2.32. The van der Waals surface area contributed by atoms with E-state index in [1.165, 1.54) is 0 Å². The van der Waals surface area contributed by atoms with Gasteiger partial charge in [-0.1, -0.05) is 43.6 Å². The summed E-state index contributed by atoms with van der Waals surface area (Å²) in [6.07, 6.45) is 1.90. The zero-order chi connectivity index (χ0) is 15.4. The fraction of sp³-hybridized carbons (Fsp3) is 0.438. The van der Waals surface area contributed by atoms with Gasteiger partial charge in [-0.3, -0.25) is 0 Å². The van der Waals surface area contributed by atoms with Crippen LogP contribution in [0.4, 0.5) is 0 Å². The van der Waals surface area contributed by atoms with Crippen molar-refractivity contribution >= 4 is 15.9 Å². The Morgan fingerprint density at radius 3 is 2.71 bits per heavy atom. The molecule has 0 fully saturated rings. The highest BCUT2D eigenvalue weighted by Gasteiger charge is 2.13. The molecule has 1 heterocycles. The summed E-state index contributed by atoms with van der Waals surface area (Å²) >= 11 is 3.49. The quantitative estimate of drug-likeness (QED) is 0.806. The molecule has 4 nitrogen and oxygen atoms in total. The maximum absolute atomic E-state index is 5.79. The van der Waals surface area contributed by atoms with Crippen LogP contribution in [0.25, 0.3) is 0 Å². The minimum absolute atomic E-state index is 0.278. The fourth-order valence-corrected chi connectivity index (χ4v) is 2.26. The maximum Gasteiger partial charge on any atom is 0.399 e. The number of ether oxygens (including phenoxy) is 1. The number of nitrogens with one attached hydrogen (secondary N) is 1. The molecule has 1 N–H and O–H groups in total. The van der Waals surface area contributed by atoms with Crippen LogP contribution in [0.2, 0.25) is 0 Å². The third kappa shape index (κ3) is 4.58. The van der Waals surface area contributed by atoms with Crippen LogP contribution in [-0.4, -0.2) is 11.0 Å². The van der Waals surface area contributed by atoms with Crippen LogP contribution < -0.4 is 10.1 Å². The Bertz CT molecular complexity index is 594. The van der Waals surface area contributed by atoms with Gasteiger partial charge in [0, 0.05) is 17.1 Å². The van der Waals surface area contributed by atoms with Crippen molar-refractivity contribution in [2.24, 2.45) is 0 Å². The molecule has 0 spiro atoms. The average Bonchev–Trinajstić information content (AvgIpc) is 2.86. The van der Waals surface area contributed by atoms with Crippen LogP contribution in [0.15, 0.2) is 33.4 Å². The van der Waals surface area contributed by atoms with Crippen LogP contribution >= 0.6 is 15.9 Å². The van der Waals surface area contributed by atoms with Crippen molar-refractivity contribution in [3.63, 3.8) is 0 Å². The van der Waals surface area contributed by atoms with Crippen molar-refractivity contribution in [2.45, 2.75) is 46.2 Å². The average molecular weight is 353 g/mol. The summed E-state index contributed by atoms with van der Waals surface area (Å²) in [6.45, 7) is 9.11.